The fourth-order valence-corrected chi connectivity index (χ4v) is 2.12. The van der Waals surface area contributed by atoms with Crippen molar-refractivity contribution in [3.05, 3.63) is 18.2 Å². The van der Waals surface area contributed by atoms with Crippen LogP contribution in [-0.2, 0) is 14.8 Å². The Morgan fingerprint density at radius 1 is 1.47 bits per heavy atom. The predicted octanol–water partition coefficient (Wildman–Crippen LogP) is 0.363. The summed E-state index contributed by atoms with van der Waals surface area (Å²) in [6.07, 6.45) is 0. The first-order valence-corrected chi connectivity index (χ1v) is 6.57. The second kappa shape index (κ2) is 5.35. The summed E-state index contributed by atoms with van der Waals surface area (Å²) in [6.45, 7) is 2.48. The Bertz CT molecular complexity index is 488. The van der Waals surface area contributed by atoms with Crippen molar-refractivity contribution in [3.8, 4) is 0 Å². The average Bonchev–Trinajstić information content (AvgIpc) is 2.15. The zero-order chi connectivity index (χ0) is 13.1. The number of nitrogen functional groups attached to an aromatic ring is 1. The van der Waals surface area contributed by atoms with E-state index in [9.17, 15) is 8.42 Å². The maximum absolute atomic E-state index is 11.1. The minimum atomic E-state index is -3.77. The Morgan fingerprint density at radius 2 is 2.12 bits per heavy atom. The van der Waals surface area contributed by atoms with Crippen molar-refractivity contribution in [2.45, 2.75) is 17.9 Å². The van der Waals surface area contributed by atoms with Gasteiger partial charge in [0, 0.05) is 18.8 Å². The van der Waals surface area contributed by atoms with E-state index in [2.05, 4.69) is 5.32 Å². The van der Waals surface area contributed by atoms with Crippen molar-refractivity contribution < 1.29 is 13.2 Å². The van der Waals surface area contributed by atoms with Gasteiger partial charge in [-0.3, -0.25) is 0 Å². The van der Waals surface area contributed by atoms with Crippen LogP contribution < -0.4 is 16.2 Å². The Kier molecular flexibility index (Phi) is 4.33. The molecule has 1 unspecified atom stereocenters. The number of rotatable bonds is 5. The summed E-state index contributed by atoms with van der Waals surface area (Å²) >= 11 is 0. The minimum absolute atomic E-state index is 0.0672. The molecule has 1 aromatic carbocycles. The van der Waals surface area contributed by atoms with Gasteiger partial charge in [0.15, 0.2) is 0 Å². The standard InChI is InChI=1S/C10H17N3O3S/c1-7(6-16-2)13-8-3-4-10(9(11)5-8)17(12,14)15/h3-5,7,13H,6,11H2,1-2H3,(H2,12,14,15). The molecule has 0 aliphatic rings. The monoisotopic (exact) mass is 259 g/mol. The van der Waals surface area contributed by atoms with Crippen molar-refractivity contribution in [1.82, 2.24) is 0 Å². The van der Waals surface area contributed by atoms with Gasteiger partial charge in [-0.05, 0) is 25.1 Å². The third-order valence-electron chi connectivity index (χ3n) is 2.15. The highest BCUT2D eigenvalue weighted by Gasteiger charge is 2.12. The molecule has 5 N–H and O–H groups in total. The summed E-state index contributed by atoms with van der Waals surface area (Å²) in [5.41, 5.74) is 6.48. The SMILES string of the molecule is COCC(C)Nc1ccc(S(N)(=O)=O)c(N)c1. The second-order valence-electron chi connectivity index (χ2n) is 3.80. The molecule has 0 bridgehead atoms. The van der Waals surface area contributed by atoms with Crippen LogP contribution in [0.15, 0.2) is 23.1 Å². The summed E-state index contributed by atoms with van der Waals surface area (Å²) in [4.78, 5) is -0.0672. The first kappa shape index (κ1) is 13.8. The molecule has 6 nitrogen and oxygen atoms in total. The number of hydrogen-bond donors (Lipinski definition) is 3. The highest BCUT2D eigenvalue weighted by Crippen LogP contribution is 2.21. The fourth-order valence-electron chi connectivity index (χ4n) is 1.47. The van der Waals surface area contributed by atoms with Crippen LogP contribution in [0.5, 0.6) is 0 Å². The summed E-state index contributed by atoms with van der Waals surface area (Å²) < 4.78 is 27.3. The van der Waals surface area contributed by atoms with E-state index in [1.165, 1.54) is 12.1 Å². The number of sulfonamides is 1. The normalized spacial score (nSPS) is 13.4. The van der Waals surface area contributed by atoms with Gasteiger partial charge in [-0.2, -0.15) is 0 Å². The van der Waals surface area contributed by atoms with Crippen molar-refractivity contribution in [2.75, 3.05) is 24.8 Å². The lowest BCUT2D eigenvalue weighted by Crippen LogP contribution is -2.21. The molecule has 1 aromatic rings. The summed E-state index contributed by atoms with van der Waals surface area (Å²) in [5.74, 6) is 0. The quantitative estimate of drug-likeness (QED) is 0.662. The fraction of sp³-hybridized carbons (Fsp3) is 0.400. The molecule has 0 heterocycles. The van der Waals surface area contributed by atoms with E-state index in [0.29, 0.717) is 6.61 Å². The lowest BCUT2D eigenvalue weighted by atomic mass is 10.2. The molecule has 0 saturated heterocycles. The molecule has 0 spiro atoms. The van der Waals surface area contributed by atoms with E-state index in [0.717, 1.165) is 5.69 Å². The van der Waals surface area contributed by atoms with Gasteiger partial charge in [-0.25, -0.2) is 13.6 Å². The number of ether oxygens (including phenoxy) is 1. The number of benzene rings is 1. The second-order valence-corrected chi connectivity index (χ2v) is 5.33. The van der Waals surface area contributed by atoms with E-state index in [1.54, 1.807) is 13.2 Å². The van der Waals surface area contributed by atoms with Gasteiger partial charge in [0.1, 0.15) is 4.90 Å². The maximum Gasteiger partial charge on any atom is 0.240 e. The molecule has 17 heavy (non-hydrogen) atoms. The van der Waals surface area contributed by atoms with Crippen LogP contribution in [0.4, 0.5) is 11.4 Å². The zero-order valence-corrected chi connectivity index (χ0v) is 10.6. The van der Waals surface area contributed by atoms with E-state index in [1.807, 2.05) is 6.92 Å². The number of nitrogens with one attached hydrogen (secondary N) is 1. The van der Waals surface area contributed by atoms with Crippen LogP contribution >= 0.6 is 0 Å². The molecule has 0 amide bonds. The van der Waals surface area contributed by atoms with Gasteiger partial charge < -0.3 is 15.8 Å². The van der Waals surface area contributed by atoms with Gasteiger partial charge in [-0.1, -0.05) is 0 Å². The topological polar surface area (TPSA) is 107 Å². The lowest BCUT2D eigenvalue weighted by molar-refractivity contribution is 0.190. The number of methoxy groups -OCH3 is 1. The molecule has 96 valence electrons. The van der Waals surface area contributed by atoms with Crippen LogP contribution in [-0.4, -0.2) is 28.2 Å². The Hall–Kier alpha value is -1.31. The zero-order valence-electron chi connectivity index (χ0n) is 9.80. The number of nitrogens with two attached hydrogens (primary N) is 2. The Morgan fingerprint density at radius 3 is 2.59 bits per heavy atom. The molecule has 1 rings (SSSR count). The smallest absolute Gasteiger partial charge is 0.240 e. The molecule has 1 atom stereocenters. The molecule has 0 aliphatic heterocycles. The molecular formula is C10H17N3O3S. The number of anilines is 2. The van der Waals surface area contributed by atoms with Gasteiger partial charge in [0.2, 0.25) is 10.0 Å². The number of primary sulfonamides is 1. The summed E-state index contributed by atoms with van der Waals surface area (Å²) in [7, 11) is -2.16. The van der Waals surface area contributed by atoms with Gasteiger partial charge in [-0.15, -0.1) is 0 Å². The first-order valence-electron chi connectivity index (χ1n) is 5.02. The lowest BCUT2D eigenvalue weighted by Gasteiger charge is -2.15. The van der Waals surface area contributed by atoms with Crippen LogP contribution in [0.1, 0.15) is 6.92 Å². The average molecular weight is 259 g/mol. The van der Waals surface area contributed by atoms with Crippen molar-refractivity contribution in [1.29, 1.82) is 0 Å². The highest BCUT2D eigenvalue weighted by molar-refractivity contribution is 7.89. The van der Waals surface area contributed by atoms with Gasteiger partial charge >= 0.3 is 0 Å². The predicted molar refractivity (Wildman–Crippen MR) is 67.2 cm³/mol. The van der Waals surface area contributed by atoms with E-state index in [4.69, 9.17) is 15.6 Å². The third-order valence-corrected chi connectivity index (χ3v) is 3.13. The van der Waals surface area contributed by atoms with E-state index in [-0.39, 0.29) is 16.6 Å². The molecular weight excluding hydrogens is 242 g/mol. The summed E-state index contributed by atoms with van der Waals surface area (Å²) in [6, 6.07) is 4.63. The van der Waals surface area contributed by atoms with Crippen molar-refractivity contribution in [3.63, 3.8) is 0 Å². The van der Waals surface area contributed by atoms with E-state index < -0.39 is 10.0 Å². The largest absolute Gasteiger partial charge is 0.398 e. The van der Waals surface area contributed by atoms with Crippen LogP contribution in [0, 0.1) is 0 Å². The first-order chi connectivity index (χ1) is 7.84. The third kappa shape index (κ3) is 3.88. The van der Waals surface area contributed by atoms with Crippen LogP contribution in [0.25, 0.3) is 0 Å². The molecule has 0 aromatic heterocycles. The highest BCUT2D eigenvalue weighted by atomic mass is 32.2. The molecule has 0 aliphatic carbocycles. The summed E-state index contributed by atoms with van der Waals surface area (Å²) in [5, 5.41) is 8.13. The van der Waals surface area contributed by atoms with Crippen molar-refractivity contribution >= 4 is 21.4 Å². The molecule has 7 heteroatoms. The van der Waals surface area contributed by atoms with E-state index >= 15 is 0 Å². The van der Waals surface area contributed by atoms with Crippen molar-refractivity contribution in [2.24, 2.45) is 5.14 Å². The van der Waals surface area contributed by atoms with Gasteiger partial charge in [0.25, 0.3) is 0 Å². The van der Waals surface area contributed by atoms with Crippen LogP contribution in [0.3, 0.4) is 0 Å². The Labute approximate surface area is 101 Å². The molecule has 0 radical (unpaired) electrons. The van der Waals surface area contributed by atoms with Gasteiger partial charge in [0.05, 0.1) is 12.3 Å². The maximum atomic E-state index is 11.1. The molecule has 0 fully saturated rings. The Balaban J connectivity index is 2.90. The number of hydrogen-bond acceptors (Lipinski definition) is 5. The van der Waals surface area contributed by atoms with Crippen LogP contribution in [0.2, 0.25) is 0 Å². The minimum Gasteiger partial charge on any atom is -0.398 e. The molecule has 0 saturated carbocycles.